The van der Waals surface area contributed by atoms with Crippen molar-refractivity contribution in [2.24, 2.45) is 0 Å². The number of piperidine rings is 1. The molecule has 1 amide bonds. The Morgan fingerprint density at radius 2 is 1.90 bits per heavy atom. The molecule has 0 spiro atoms. The highest BCUT2D eigenvalue weighted by Crippen LogP contribution is 2.30. The highest BCUT2D eigenvalue weighted by atomic mass is 35.5. The maximum absolute atomic E-state index is 13.0. The second kappa shape index (κ2) is 9.73. The molecule has 0 atom stereocenters. The molecule has 0 unspecified atom stereocenters. The van der Waals surface area contributed by atoms with E-state index in [9.17, 15) is 4.79 Å². The number of nitrogens with zero attached hydrogens (tertiary/aromatic N) is 3. The van der Waals surface area contributed by atoms with Crippen LogP contribution in [0.2, 0.25) is 5.02 Å². The van der Waals surface area contributed by atoms with Gasteiger partial charge in [-0.3, -0.25) is 9.78 Å². The summed E-state index contributed by atoms with van der Waals surface area (Å²) in [5, 5.41) is 0.720. The summed E-state index contributed by atoms with van der Waals surface area (Å²) in [5.74, 6) is 0.118. The van der Waals surface area contributed by atoms with Crippen LogP contribution in [0.25, 0.3) is 10.4 Å². The van der Waals surface area contributed by atoms with Crippen LogP contribution in [0.4, 0.5) is 0 Å². The van der Waals surface area contributed by atoms with Crippen LogP contribution < -0.4 is 0 Å². The third kappa shape index (κ3) is 5.09. The molecule has 0 aliphatic carbocycles. The molecule has 3 heterocycles. The minimum absolute atomic E-state index is 0.118. The van der Waals surface area contributed by atoms with Gasteiger partial charge in [0.25, 0.3) is 5.91 Å². The van der Waals surface area contributed by atoms with E-state index in [1.807, 2.05) is 66.7 Å². The van der Waals surface area contributed by atoms with Crippen LogP contribution in [0.15, 0.2) is 60.8 Å². The molecule has 1 aliphatic heterocycles. The van der Waals surface area contributed by atoms with Gasteiger partial charge in [0.1, 0.15) is 0 Å². The maximum atomic E-state index is 13.0. The molecular formula is C24H26ClN3OS. The summed E-state index contributed by atoms with van der Waals surface area (Å²) in [7, 11) is 1.94. The van der Waals surface area contributed by atoms with E-state index >= 15 is 0 Å². The molecule has 30 heavy (non-hydrogen) atoms. The number of carbonyl (C=O) groups excluding carboxylic acids is 1. The summed E-state index contributed by atoms with van der Waals surface area (Å²) in [5.41, 5.74) is 2.23. The van der Waals surface area contributed by atoms with Crippen molar-refractivity contribution in [2.45, 2.75) is 25.3 Å². The zero-order chi connectivity index (χ0) is 20.9. The summed E-state index contributed by atoms with van der Waals surface area (Å²) in [6.45, 7) is 3.07. The molecule has 1 fully saturated rings. The van der Waals surface area contributed by atoms with Gasteiger partial charge in [0, 0.05) is 60.9 Å². The molecule has 4 nitrogen and oxygen atoms in total. The zero-order valence-electron chi connectivity index (χ0n) is 17.1. The highest BCUT2D eigenvalue weighted by Gasteiger charge is 2.26. The van der Waals surface area contributed by atoms with Crippen molar-refractivity contribution in [3.63, 3.8) is 0 Å². The molecule has 2 aromatic heterocycles. The third-order valence-corrected chi connectivity index (χ3v) is 7.16. The van der Waals surface area contributed by atoms with Crippen molar-refractivity contribution in [3.8, 4) is 10.4 Å². The summed E-state index contributed by atoms with van der Waals surface area (Å²) >= 11 is 7.53. The lowest BCUT2D eigenvalue weighted by Crippen LogP contribution is -2.45. The predicted molar refractivity (Wildman–Crippen MR) is 124 cm³/mol. The first-order valence-electron chi connectivity index (χ1n) is 10.4. The van der Waals surface area contributed by atoms with Crippen molar-refractivity contribution in [1.82, 2.24) is 14.8 Å². The topological polar surface area (TPSA) is 36.4 Å². The number of amides is 1. The summed E-state index contributed by atoms with van der Waals surface area (Å²) in [4.78, 5) is 23.7. The van der Waals surface area contributed by atoms with Gasteiger partial charge >= 0.3 is 0 Å². The fourth-order valence-electron chi connectivity index (χ4n) is 3.91. The Morgan fingerprint density at radius 1 is 1.13 bits per heavy atom. The smallest absolute Gasteiger partial charge is 0.263 e. The molecule has 3 aromatic rings. The average Bonchev–Trinajstić information content (AvgIpc) is 3.28. The molecular weight excluding hydrogens is 414 g/mol. The van der Waals surface area contributed by atoms with Gasteiger partial charge in [-0.25, -0.2) is 0 Å². The second-order valence-electron chi connectivity index (χ2n) is 7.73. The Labute approximate surface area is 187 Å². The van der Waals surface area contributed by atoms with Crippen LogP contribution in [0.5, 0.6) is 0 Å². The van der Waals surface area contributed by atoms with E-state index in [1.54, 1.807) is 11.3 Å². The Bertz CT molecular complexity index is 966. The average molecular weight is 440 g/mol. The number of carbonyl (C=O) groups is 1. The maximum Gasteiger partial charge on any atom is 0.263 e. The van der Waals surface area contributed by atoms with Gasteiger partial charge in [0.15, 0.2) is 0 Å². The number of thiophene rings is 1. The fraction of sp³-hybridized carbons (Fsp3) is 0.333. The van der Waals surface area contributed by atoms with Crippen molar-refractivity contribution in [3.05, 3.63) is 76.4 Å². The largest absolute Gasteiger partial charge is 0.338 e. The Kier molecular flexibility index (Phi) is 6.82. The van der Waals surface area contributed by atoms with Crippen LogP contribution in [0.1, 0.15) is 28.2 Å². The number of pyridine rings is 1. The monoisotopic (exact) mass is 439 g/mol. The molecule has 0 radical (unpaired) electrons. The number of hydrogen-bond acceptors (Lipinski definition) is 4. The minimum atomic E-state index is 0.118. The molecule has 1 aliphatic rings. The van der Waals surface area contributed by atoms with Gasteiger partial charge in [0.2, 0.25) is 0 Å². The fourth-order valence-corrected chi connectivity index (χ4v) is 5.03. The van der Waals surface area contributed by atoms with Gasteiger partial charge in [-0.15, -0.1) is 11.3 Å². The normalized spacial score (nSPS) is 15.3. The minimum Gasteiger partial charge on any atom is -0.338 e. The van der Waals surface area contributed by atoms with Crippen molar-refractivity contribution < 1.29 is 4.79 Å². The lowest BCUT2D eigenvalue weighted by molar-refractivity contribution is 0.0648. The molecule has 156 valence electrons. The Hall–Kier alpha value is -2.21. The van der Waals surface area contributed by atoms with Crippen LogP contribution >= 0.6 is 22.9 Å². The van der Waals surface area contributed by atoms with E-state index in [-0.39, 0.29) is 5.91 Å². The van der Waals surface area contributed by atoms with E-state index in [4.69, 9.17) is 11.6 Å². The summed E-state index contributed by atoms with van der Waals surface area (Å²) in [6, 6.07) is 18.1. The Balaban J connectivity index is 1.30. The summed E-state index contributed by atoms with van der Waals surface area (Å²) < 4.78 is 0. The van der Waals surface area contributed by atoms with Crippen LogP contribution in [-0.4, -0.2) is 53.4 Å². The first kappa shape index (κ1) is 21.0. The highest BCUT2D eigenvalue weighted by molar-refractivity contribution is 7.17. The van der Waals surface area contributed by atoms with Gasteiger partial charge in [-0.1, -0.05) is 29.8 Å². The van der Waals surface area contributed by atoms with Crippen molar-refractivity contribution in [1.29, 1.82) is 0 Å². The lowest BCUT2D eigenvalue weighted by atomic mass is 10.0. The number of hydrogen-bond donors (Lipinski definition) is 0. The Morgan fingerprint density at radius 3 is 2.60 bits per heavy atom. The number of rotatable bonds is 6. The molecule has 0 bridgehead atoms. The quantitative estimate of drug-likeness (QED) is 0.526. The lowest BCUT2D eigenvalue weighted by Gasteiger charge is -2.36. The van der Waals surface area contributed by atoms with E-state index in [0.717, 1.165) is 64.9 Å². The molecule has 1 saturated heterocycles. The van der Waals surface area contributed by atoms with Crippen molar-refractivity contribution >= 4 is 28.8 Å². The van der Waals surface area contributed by atoms with Gasteiger partial charge in [0.05, 0.1) is 4.88 Å². The predicted octanol–water partition coefficient (Wildman–Crippen LogP) is 5.24. The number of aromatic nitrogens is 1. The first-order valence-corrected chi connectivity index (χ1v) is 11.5. The molecule has 6 heteroatoms. The molecule has 1 aromatic carbocycles. The molecule has 4 rings (SSSR count). The first-order chi connectivity index (χ1) is 14.6. The SMILES string of the molecule is CN(C(=O)c1ccc(-c2ccc(Cl)cc2)s1)C1CCN(CCc2ccccn2)CC1. The molecule has 0 N–H and O–H groups in total. The van der Waals surface area contributed by atoms with Crippen LogP contribution in [-0.2, 0) is 6.42 Å². The van der Waals surface area contributed by atoms with E-state index in [1.165, 1.54) is 0 Å². The number of likely N-dealkylation sites (tertiary alicyclic amines) is 1. The van der Waals surface area contributed by atoms with Crippen molar-refractivity contribution in [2.75, 3.05) is 26.7 Å². The van der Waals surface area contributed by atoms with Gasteiger partial charge in [-0.2, -0.15) is 0 Å². The van der Waals surface area contributed by atoms with Crippen LogP contribution in [0.3, 0.4) is 0 Å². The number of benzene rings is 1. The van der Waals surface area contributed by atoms with E-state index < -0.39 is 0 Å². The van der Waals surface area contributed by atoms with Gasteiger partial charge < -0.3 is 9.80 Å². The standard InChI is InChI=1S/C24H26ClN3OS/c1-27(21-12-16-28(17-13-21)15-11-20-4-2-3-14-26-20)24(29)23-10-9-22(30-23)18-5-7-19(25)8-6-18/h2-10,14,21H,11-13,15-17H2,1H3. The third-order valence-electron chi connectivity index (χ3n) is 5.78. The van der Waals surface area contributed by atoms with Gasteiger partial charge in [-0.05, 0) is 54.8 Å². The second-order valence-corrected chi connectivity index (χ2v) is 9.25. The molecule has 0 saturated carbocycles. The zero-order valence-corrected chi connectivity index (χ0v) is 18.7. The van der Waals surface area contributed by atoms with E-state index in [2.05, 4.69) is 16.0 Å². The summed E-state index contributed by atoms with van der Waals surface area (Å²) in [6.07, 6.45) is 4.85. The van der Waals surface area contributed by atoms with Crippen LogP contribution in [0, 0.1) is 0 Å². The number of halogens is 1. The van der Waals surface area contributed by atoms with E-state index in [0.29, 0.717) is 6.04 Å².